The summed E-state index contributed by atoms with van der Waals surface area (Å²) in [5.74, 6) is -0.313. The number of nitrogens with one attached hydrogen (secondary N) is 2. The lowest BCUT2D eigenvalue weighted by Crippen LogP contribution is -2.44. The summed E-state index contributed by atoms with van der Waals surface area (Å²) in [4.78, 5) is 6.65. The monoisotopic (exact) mass is 404 g/mol. The second-order valence-corrected chi connectivity index (χ2v) is 7.46. The van der Waals surface area contributed by atoms with E-state index in [0.717, 1.165) is 37.1 Å². The van der Waals surface area contributed by atoms with Crippen molar-refractivity contribution in [3.05, 3.63) is 46.8 Å². The number of hydrogen-bond donors (Lipinski definition) is 2. The zero-order valence-electron chi connectivity index (χ0n) is 17.6. The van der Waals surface area contributed by atoms with Crippen LogP contribution in [-0.2, 0) is 13.5 Å². The van der Waals surface area contributed by atoms with Gasteiger partial charge in [-0.15, -0.1) is 0 Å². The third kappa shape index (κ3) is 5.05. The van der Waals surface area contributed by atoms with Crippen LogP contribution in [0.3, 0.4) is 0 Å². The third-order valence-corrected chi connectivity index (χ3v) is 5.41. The normalized spacial score (nSPS) is 17.1. The van der Waals surface area contributed by atoms with Crippen molar-refractivity contribution in [2.75, 3.05) is 31.1 Å². The lowest BCUT2D eigenvalue weighted by atomic mass is 10.1. The van der Waals surface area contributed by atoms with Crippen LogP contribution >= 0.6 is 0 Å². The quantitative estimate of drug-likeness (QED) is 0.574. The van der Waals surface area contributed by atoms with Gasteiger partial charge in [-0.2, -0.15) is 5.10 Å². The molecule has 0 radical (unpaired) electrons. The molecule has 0 aliphatic carbocycles. The molecule has 1 aliphatic rings. The van der Waals surface area contributed by atoms with Crippen LogP contribution in [0.5, 0.6) is 0 Å². The molecule has 2 aromatic rings. The van der Waals surface area contributed by atoms with Crippen LogP contribution in [0.1, 0.15) is 30.3 Å². The first-order chi connectivity index (χ1) is 13.9. The molecule has 1 saturated heterocycles. The van der Waals surface area contributed by atoms with Gasteiger partial charge in [-0.25, -0.2) is 8.78 Å². The Morgan fingerprint density at radius 3 is 2.76 bits per heavy atom. The molecule has 2 heterocycles. The topological polar surface area (TPSA) is 57.5 Å². The van der Waals surface area contributed by atoms with Gasteiger partial charge in [0.2, 0.25) is 0 Å². The van der Waals surface area contributed by atoms with Crippen LogP contribution in [0.15, 0.2) is 23.2 Å². The van der Waals surface area contributed by atoms with E-state index in [2.05, 4.69) is 22.7 Å². The van der Waals surface area contributed by atoms with Crippen LogP contribution in [0.25, 0.3) is 0 Å². The fraction of sp³-hybridized carbons (Fsp3) is 0.524. The Labute approximate surface area is 171 Å². The first-order valence-electron chi connectivity index (χ1n) is 10.1. The summed E-state index contributed by atoms with van der Waals surface area (Å²) in [7, 11) is 1.95. The van der Waals surface area contributed by atoms with Gasteiger partial charge in [0.25, 0.3) is 0 Å². The van der Waals surface area contributed by atoms with Crippen molar-refractivity contribution in [2.24, 2.45) is 12.0 Å². The molecule has 8 heteroatoms. The van der Waals surface area contributed by atoms with Crippen LogP contribution in [0.4, 0.5) is 14.5 Å². The molecule has 0 spiro atoms. The number of nitrogens with zero attached hydrogens (tertiary/aromatic N) is 4. The highest BCUT2D eigenvalue weighted by Crippen LogP contribution is 2.24. The zero-order chi connectivity index (χ0) is 21.0. The average molecular weight is 405 g/mol. The number of aromatic nitrogens is 2. The number of hydrogen-bond acceptors (Lipinski definition) is 3. The van der Waals surface area contributed by atoms with Crippen LogP contribution in [-0.4, -0.2) is 48.0 Å². The SMILES string of the molecule is CCNC(=NCCc1c(C)nn(C)c1C)NC1CCN(c2ccc(F)cc2F)C1. The molecule has 0 bridgehead atoms. The standard InChI is InChI=1S/C21H30F2N6/c1-5-24-21(25-10-8-18-14(2)27-28(4)15(18)3)26-17-9-11-29(13-17)20-7-6-16(22)12-19(20)23/h6-7,12,17H,5,8-11,13H2,1-4H3,(H2,24,25,26). The van der Waals surface area contributed by atoms with E-state index in [0.29, 0.717) is 25.3 Å². The third-order valence-electron chi connectivity index (χ3n) is 5.41. The number of rotatable bonds is 6. The van der Waals surface area contributed by atoms with Crippen LogP contribution in [0, 0.1) is 25.5 Å². The smallest absolute Gasteiger partial charge is 0.191 e. The molecule has 1 aliphatic heterocycles. The van der Waals surface area contributed by atoms with Gasteiger partial charge in [0.1, 0.15) is 11.6 Å². The number of guanidine groups is 1. The number of benzene rings is 1. The minimum atomic E-state index is -0.555. The molecule has 1 aromatic heterocycles. The number of aliphatic imine (C=N–C) groups is 1. The minimum absolute atomic E-state index is 0.152. The Morgan fingerprint density at radius 1 is 1.31 bits per heavy atom. The van der Waals surface area contributed by atoms with Crippen molar-refractivity contribution in [2.45, 2.75) is 39.7 Å². The van der Waals surface area contributed by atoms with Gasteiger partial charge in [-0.1, -0.05) is 0 Å². The van der Waals surface area contributed by atoms with Gasteiger partial charge in [0.15, 0.2) is 5.96 Å². The maximum absolute atomic E-state index is 14.1. The highest BCUT2D eigenvalue weighted by Gasteiger charge is 2.25. The van der Waals surface area contributed by atoms with Crippen molar-refractivity contribution in [3.63, 3.8) is 0 Å². The number of halogens is 2. The summed E-state index contributed by atoms with van der Waals surface area (Å²) in [5.41, 5.74) is 3.90. The van der Waals surface area contributed by atoms with Crippen LogP contribution < -0.4 is 15.5 Å². The molecule has 3 rings (SSSR count). The van der Waals surface area contributed by atoms with Crippen molar-refractivity contribution < 1.29 is 8.78 Å². The molecule has 1 fully saturated rings. The summed E-state index contributed by atoms with van der Waals surface area (Å²) in [6.45, 7) is 8.91. The van der Waals surface area contributed by atoms with Gasteiger partial charge in [0, 0.05) is 51.0 Å². The first-order valence-corrected chi connectivity index (χ1v) is 10.1. The Kier molecular flexibility index (Phi) is 6.71. The summed E-state index contributed by atoms with van der Waals surface area (Å²) < 4.78 is 29.1. The van der Waals surface area contributed by atoms with E-state index >= 15 is 0 Å². The van der Waals surface area contributed by atoms with E-state index in [1.54, 1.807) is 0 Å². The average Bonchev–Trinajstić information content (AvgIpc) is 3.21. The molecule has 6 nitrogen and oxygen atoms in total. The fourth-order valence-electron chi connectivity index (χ4n) is 3.81. The summed E-state index contributed by atoms with van der Waals surface area (Å²) >= 11 is 0. The van der Waals surface area contributed by atoms with Gasteiger partial charge < -0.3 is 15.5 Å². The fourth-order valence-corrected chi connectivity index (χ4v) is 3.81. The molecule has 1 unspecified atom stereocenters. The Morgan fingerprint density at radius 2 is 2.10 bits per heavy atom. The van der Waals surface area contributed by atoms with E-state index in [-0.39, 0.29) is 6.04 Å². The zero-order valence-corrected chi connectivity index (χ0v) is 17.6. The van der Waals surface area contributed by atoms with Crippen molar-refractivity contribution >= 4 is 11.6 Å². The highest BCUT2D eigenvalue weighted by atomic mass is 19.1. The van der Waals surface area contributed by atoms with E-state index in [1.165, 1.54) is 23.4 Å². The predicted molar refractivity (Wildman–Crippen MR) is 112 cm³/mol. The largest absolute Gasteiger partial charge is 0.367 e. The lowest BCUT2D eigenvalue weighted by molar-refractivity contribution is 0.580. The lowest BCUT2D eigenvalue weighted by Gasteiger charge is -2.21. The molecular weight excluding hydrogens is 374 g/mol. The van der Waals surface area contributed by atoms with Crippen molar-refractivity contribution in [3.8, 4) is 0 Å². The Hall–Kier alpha value is -2.64. The van der Waals surface area contributed by atoms with Crippen LogP contribution in [0.2, 0.25) is 0 Å². The molecule has 0 amide bonds. The second kappa shape index (κ2) is 9.24. The van der Waals surface area contributed by atoms with Gasteiger partial charge >= 0.3 is 0 Å². The molecule has 29 heavy (non-hydrogen) atoms. The number of aryl methyl sites for hydroxylation is 2. The van der Waals surface area contributed by atoms with Gasteiger partial charge in [-0.05, 0) is 51.3 Å². The Balaban J connectivity index is 1.59. The summed E-state index contributed by atoms with van der Waals surface area (Å²) in [6.07, 6.45) is 1.70. The molecule has 158 valence electrons. The van der Waals surface area contributed by atoms with E-state index in [4.69, 9.17) is 4.99 Å². The Bertz CT molecular complexity index is 876. The minimum Gasteiger partial charge on any atom is -0.367 e. The van der Waals surface area contributed by atoms with Crippen molar-refractivity contribution in [1.29, 1.82) is 0 Å². The first kappa shape index (κ1) is 21.1. The maximum Gasteiger partial charge on any atom is 0.191 e. The van der Waals surface area contributed by atoms with E-state index in [1.807, 2.05) is 30.5 Å². The van der Waals surface area contributed by atoms with Gasteiger partial charge in [0.05, 0.1) is 11.4 Å². The second-order valence-electron chi connectivity index (χ2n) is 7.46. The number of anilines is 1. The molecule has 2 N–H and O–H groups in total. The molecular formula is C21H30F2N6. The van der Waals surface area contributed by atoms with Crippen molar-refractivity contribution in [1.82, 2.24) is 20.4 Å². The predicted octanol–water partition coefficient (Wildman–Crippen LogP) is 2.69. The highest BCUT2D eigenvalue weighted by molar-refractivity contribution is 5.80. The summed E-state index contributed by atoms with van der Waals surface area (Å²) in [5, 5.41) is 11.2. The maximum atomic E-state index is 14.1. The van der Waals surface area contributed by atoms with Gasteiger partial charge in [-0.3, -0.25) is 9.67 Å². The molecule has 1 aromatic carbocycles. The summed E-state index contributed by atoms with van der Waals surface area (Å²) in [6, 6.07) is 3.89. The van der Waals surface area contributed by atoms with E-state index < -0.39 is 11.6 Å². The van der Waals surface area contributed by atoms with E-state index in [9.17, 15) is 8.78 Å². The molecule has 0 saturated carbocycles. The molecule has 1 atom stereocenters.